The summed E-state index contributed by atoms with van der Waals surface area (Å²) in [6, 6.07) is 8.86. The van der Waals surface area contributed by atoms with Crippen LogP contribution in [0.2, 0.25) is 0 Å². The molecular formula is C15H14FN5. The highest BCUT2D eigenvalue weighted by Gasteiger charge is 2.06. The van der Waals surface area contributed by atoms with Crippen molar-refractivity contribution >= 4 is 5.69 Å². The average Bonchev–Trinajstić information content (AvgIpc) is 3.01. The van der Waals surface area contributed by atoms with Gasteiger partial charge in [-0.1, -0.05) is 6.07 Å². The van der Waals surface area contributed by atoms with Crippen molar-refractivity contribution < 1.29 is 4.39 Å². The SMILES string of the molecule is Cc1ccc(CNc2ccc(-n3cncn3)c(F)c2)cn1. The Labute approximate surface area is 121 Å². The van der Waals surface area contributed by atoms with Crippen molar-refractivity contribution in [2.24, 2.45) is 0 Å². The van der Waals surface area contributed by atoms with Crippen LogP contribution in [-0.2, 0) is 6.54 Å². The Balaban J connectivity index is 1.72. The predicted molar refractivity (Wildman–Crippen MR) is 77.6 cm³/mol. The van der Waals surface area contributed by atoms with Crippen LogP contribution in [0.5, 0.6) is 0 Å². The van der Waals surface area contributed by atoms with Crippen molar-refractivity contribution in [2.75, 3.05) is 5.32 Å². The van der Waals surface area contributed by atoms with E-state index < -0.39 is 0 Å². The van der Waals surface area contributed by atoms with Crippen LogP contribution >= 0.6 is 0 Å². The second-order valence-corrected chi connectivity index (χ2v) is 4.67. The second kappa shape index (κ2) is 5.70. The number of aromatic nitrogens is 4. The highest BCUT2D eigenvalue weighted by Crippen LogP contribution is 2.18. The Kier molecular flexibility index (Phi) is 3.59. The fourth-order valence-corrected chi connectivity index (χ4v) is 1.94. The lowest BCUT2D eigenvalue weighted by Crippen LogP contribution is -2.03. The maximum absolute atomic E-state index is 14.1. The summed E-state index contributed by atoms with van der Waals surface area (Å²) in [5, 5.41) is 7.08. The van der Waals surface area contributed by atoms with Crippen LogP contribution in [0.15, 0.2) is 49.2 Å². The van der Waals surface area contributed by atoms with Gasteiger partial charge < -0.3 is 5.32 Å². The number of benzene rings is 1. The van der Waals surface area contributed by atoms with Crippen molar-refractivity contribution in [3.8, 4) is 5.69 Å². The molecule has 0 aliphatic heterocycles. The molecule has 0 saturated heterocycles. The summed E-state index contributed by atoms with van der Waals surface area (Å²) >= 11 is 0. The minimum Gasteiger partial charge on any atom is -0.381 e. The summed E-state index contributed by atoms with van der Waals surface area (Å²) in [6.07, 6.45) is 4.64. The zero-order valence-corrected chi connectivity index (χ0v) is 11.5. The van der Waals surface area contributed by atoms with Crippen LogP contribution in [0.1, 0.15) is 11.3 Å². The van der Waals surface area contributed by atoms with Crippen molar-refractivity contribution in [3.63, 3.8) is 0 Å². The van der Waals surface area contributed by atoms with E-state index in [4.69, 9.17) is 0 Å². The van der Waals surface area contributed by atoms with Crippen molar-refractivity contribution in [1.29, 1.82) is 0 Å². The zero-order valence-electron chi connectivity index (χ0n) is 11.5. The molecule has 0 bridgehead atoms. The number of nitrogens with one attached hydrogen (secondary N) is 1. The first-order valence-electron chi connectivity index (χ1n) is 6.52. The van der Waals surface area contributed by atoms with Crippen LogP contribution in [0.25, 0.3) is 5.69 Å². The van der Waals surface area contributed by atoms with Gasteiger partial charge in [-0.15, -0.1) is 0 Å². The Morgan fingerprint density at radius 3 is 2.81 bits per heavy atom. The summed E-state index contributed by atoms with van der Waals surface area (Å²) in [6.45, 7) is 2.53. The van der Waals surface area contributed by atoms with Gasteiger partial charge in [0.05, 0.1) is 0 Å². The normalized spacial score (nSPS) is 10.6. The number of hydrogen-bond donors (Lipinski definition) is 1. The van der Waals surface area contributed by atoms with E-state index >= 15 is 0 Å². The first kappa shape index (κ1) is 13.2. The lowest BCUT2D eigenvalue weighted by molar-refractivity contribution is 0.611. The van der Waals surface area contributed by atoms with Crippen molar-refractivity contribution in [1.82, 2.24) is 19.7 Å². The fraction of sp³-hybridized carbons (Fsp3) is 0.133. The lowest BCUT2D eigenvalue weighted by atomic mass is 10.2. The molecule has 0 fully saturated rings. The Hall–Kier alpha value is -2.76. The molecule has 0 radical (unpaired) electrons. The summed E-state index contributed by atoms with van der Waals surface area (Å²) in [5.41, 5.74) is 3.09. The van der Waals surface area contributed by atoms with Gasteiger partial charge in [0.1, 0.15) is 18.3 Å². The molecule has 2 aromatic heterocycles. The molecule has 0 aliphatic carbocycles. The standard InChI is InChI=1S/C15H14FN5/c1-11-2-3-12(7-18-11)8-19-13-4-5-15(14(16)6-13)21-10-17-9-20-21/h2-7,9-10,19H,8H2,1H3. The van der Waals surface area contributed by atoms with E-state index in [1.54, 1.807) is 6.07 Å². The molecule has 3 aromatic rings. The van der Waals surface area contributed by atoms with Gasteiger partial charge in [-0.3, -0.25) is 4.98 Å². The minimum absolute atomic E-state index is 0.354. The number of aryl methyl sites for hydroxylation is 1. The number of rotatable bonds is 4. The molecule has 0 amide bonds. The van der Waals surface area contributed by atoms with Gasteiger partial charge in [0.15, 0.2) is 5.82 Å². The van der Waals surface area contributed by atoms with E-state index in [0.717, 1.165) is 11.3 Å². The van der Waals surface area contributed by atoms with Gasteiger partial charge in [0, 0.05) is 24.1 Å². The number of pyridine rings is 1. The van der Waals surface area contributed by atoms with E-state index in [0.29, 0.717) is 17.9 Å². The summed E-state index contributed by atoms with van der Waals surface area (Å²) in [4.78, 5) is 8.03. The molecule has 3 rings (SSSR count). The van der Waals surface area contributed by atoms with Gasteiger partial charge in [0.2, 0.25) is 0 Å². The third-order valence-electron chi connectivity index (χ3n) is 3.08. The smallest absolute Gasteiger partial charge is 0.150 e. The number of hydrogen-bond acceptors (Lipinski definition) is 4. The first-order chi connectivity index (χ1) is 10.2. The molecule has 2 heterocycles. The predicted octanol–water partition coefficient (Wildman–Crippen LogP) is 2.72. The van der Waals surface area contributed by atoms with Crippen molar-refractivity contribution in [3.05, 3.63) is 66.3 Å². The second-order valence-electron chi connectivity index (χ2n) is 4.67. The average molecular weight is 283 g/mol. The molecule has 1 N–H and O–H groups in total. The highest BCUT2D eigenvalue weighted by atomic mass is 19.1. The molecule has 6 heteroatoms. The third kappa shape index (κ3) is 3.05. The molecule has 0 atom stereocenters. The summed E-state index contributed by atoms with van der Waals surface area (Å²) < 4.78 is 15.4. The Bertz CT molecular complexity index is 722. The van der Waals surface area contributed by atoms with Gasteiger partial charge in [-0.2, -0.15) is 5.10 Å². The molecule has 0 saturated carbocycles. The van der Waals surface area contributed by atoms with Gasteiger partial charge in [-0.05, 0) is 36.8 Å². The number of anilines is 1. The molecule has 106 valence electrons. The highest BCUT2D eigenvalue weighted by molar-refractivity contribution is 5.49. The Morgan fingerprint density at radius 1 is 1.24 bits per heavy atom. The maximum Gasteiger partial charge on any atom is 0.150 e. The quantitative estimate of drug-likeness (QED) is 0.800. The molecular weight excluding hydrogens is 269 g/mol. The third-order valence-corrected chi connectivity index (χ3v) is 3.08. The van der Waals surface area contributed by atoms with E-state index in [1.807, 2.05) is 31.3 Å². The maximum atomic E-state index is 14.1. The van der Waals surface area contributed by atoms with E-state index in [-0.39, 0.29) is 5.82 Å². The lowest BCUT2D eigenvalue weighted by Gasteiger charge is -2.09. The van der Waals surface area contributed by atoms with Crippen LogP contribution in [0.4, 0.5) is 10.1 Å². The number of halogens is 1. The van der Waals surface area contributed by atoms with Crippen LogP contribution in [0, 0.1) is 12.7 Å². The van der Waals surface area contributed by atoms with E-state index in [2.05, 4.69) is 20.4 Å². The molecule has 0 aliphatic rings. The van der Waals surface area contributed by atoms with E-state index in [1.165, 1.54) is 23.4 Å². The van der Waals surface area contributed by atoms with Crippen LogP contribution in [0.3, 0.4) is 0 Å². The Morgan fingerprint density at radius 2 is 2.14 bits per heavy atom. The van der Waals surface area contributed by atoms with Crippen molar-refractivity contribution in [2.45, 2.75) is 13.5 Å². The van der Waals surface area contributed by atoms with Gasteiger partial charge in [-0.25, -0.2) is 14.1 Å². The minimum atomic E-state index is -0.354. The molecule has 21 heavy (non-hydrogen) atoms. The molecule has 0 spiro atoms. The summed E-state index contributed by atoms with van der Waals surface area (Å²) in [5.74, 6) is -0.354. The zero-order chi connectivity index (χ0) is 14.7. The van der Waals surface area contributed by atoms with Crippen LogP contribution in [-0.4, -0.2) is 19.7 Å². The molecule has 1 aromatic carbocycles. The topological polar surface area (TPSA) is 55.6 Å². The van der Waals surface area contributed by atoms with Gasteiger partial charge in [0.25, 0.3) is 0 Å². The molecule has 0 unspecified atom stereocenters. The monoisotopic (exact) mass is 283 g/mol. The largest absolute Gasteiger partial charge is 0.381 e. The number of nitrogens with zero attached hydrogens (tertiary/aromatic N) is 4. The van der Waals surface area contributed by atoms with Gasteiger partial charge >= 0.3 is 0 Å². The van der Waals surface area contributed by atoms with E-state index in [9.17, 15) is 4.39 Å². The summed E-state index contributed by atoms with van der Waals surface area (Å²) in [7, 11) is 0. The molecule has 5 nitrogen and oxygen atoms in total. The first-order valence-corrected chi connectivity index (χ1v) is 6.52. The fourth-order valence-electron chi connectivity index (χ4n) is 1.94. The van der Waals surface area contributed by atoms with Crippen LogP contribution < -0.4 is 5.32 Å².